The van der Waals surface area contributed by atoms with Crippen LogP contribution in [0.15, 0.2) is 11.6 Å². The van der Waals surface area contributed by atoms with Gasteiger partial charge in [0.1, 0.15) is 24.4 Å². The van der Waals surface area contributed by atoms with Crippen molar-refractivity contribution < 1.29 is 39.1 Å². The van der Waals surface area contributed by atoms with Crippen molar-refractivity contribution in [1.29, 1.82) is 0 Å². The maximum absolute atomic E-state index is 12.5. The van der Waals surface area contributed by atoms with E-state index in [-0.39, 0.29) is 6.61 Å². The number of hydrogen-bond donors (Lipinski definition) is 5. The number of rotatable bonds is 22. The number of aliphatic hydroxyl groups excluding tert-OH is 4. The van der Waals surface area contributed by atoms with Crippen molar-refractivity contribution in [3.05, 3.63) is 30.9 Å². The van der Waals surface area contributed by atoms with E-state index in [1.807, 2.05) is 0 Å². The molecule has 1 fully saturated rings. The molecule has 0 spiro atoms. The molecule has 0 saturated carbocycles. The van der Waals surface area contributed by atoms with Gasteiger partial charge in [-0.05, 0) is 32.1 Å². The van der Waals surface area contributed by atoms with Crippen molar-refractivity contribution >= 4 is 7.60 Å². The SMILES string of the molecule is C/C(=C\CC[C@H](C)CCOP(=O)(O)C[C@@H]1O[C@H](CO)[C@@H](O)[C@H](O)[C@@H]1O)CC[CH-]C(C)CC[CH-]C(C)CC[CH-]C(C)C. The van der Waals surface area contributed by atoms with Crippen LogP contribution >= 0.6 is 7.60 Å². The van der Waals surface area contributed by atoms with Gasteiger partial charge in [-0.1, -0.05) is 52.7 Å². The monoisotopic (exact) mass is 603 g/mol. The van der Waals surface area contributed by atoms with E-state index >= 15 is 0 Å². The summed E-state index contributed by atoms with van der Waals surface area (Å²) in [5.74, 6) is 2.28. The molecule has 5 N–H and O–H groups in total. The first-order valence-electron chi connectivity index (χ1n) is 15.7. The van der Waals surface area contributed by atoms with Gasteiger partial charge in [-0.3, -0.25) is 4.57 Å². The van der Waals surface area contributed by atoms with Crippen LogP contribution in [0.4, 0.5) is 0 Å². The van der Waals surface area contributed by atoms with Gasteiger partial charge in [0.2, 0.25) is 0 Å². The zero-order valence-electron chi connectivity index (χ0n) is 26.4. The van der Waals surface area contributed by atoms with Crippen LogP contribution in [0.5, 0.6) is 0 Å². The maximum Gasteiger partial charge on any atom is 0.330 e. The van der Waals surface area contributed by atoms with Crippen LogP contribution in [0.2, 0.25) is 0 Å². The summed E-state index contributed by atoms with van der Waals surface area (Å²) in [5.41, 5.74) is 1.39. The van der Waals surface area contributed by atoms with Gasteiger partial charge in [-0.25, -0.2) is 0 Å². The zero-order chi connectivity index (χ0) is 31.0. The van der Waals surface area contributed by atoms with Crippen LogP contribution in [0, 0.1) is 42.9 Å². The Morgan fingerprint density at radius 3 is 2.07 bits per heavy atom. The Bertz CT molecular complexity index is 758. The summed E-state index contributed by atoms with van der Waals surface area (Å²) in [5, 5.41) is 39.1. The molecule has 8 nitrogen and oxygen atoms in total. The smallest absolute Gasteiger partial charge is 0.330 e. The summed E-state index contributed by atoms with van der Waals surface area (Å²) >= 11 is 0. The largest absolute Gasteiger partial charge is 0.394 e. The van der Waals surface area contributed by atoms with E-state index in [0.717, 1.165) is 25.7 Å². The van der Waals surface area contributed by atoms with Gasteiger partial charge in [0.25, 0.3) is 0 Å². The Balaban J connectivity index is 2.19. The molecule has 9 atom stereocenters. The van der Waals surface area contributed by atoms with Gasteiger partial charge in [-0.15, -0.1) is 12.8 Å². The van der Waals surface area contributed by atoms with Crippen molar-refractivity contribution in [2.24, 2.45) is 23.7 Å². The number of aliphatic hydroxyl groups is 4. The quantitative estimate of drug-likeness (QED) is 0.0607. The second-order valence-corrected chi connectivity index (χ2v) is 14.5. The number of ether oxygens (including phenoxy) is 1. The molecule has 0 aromatic rings. The van der Waals surface area contributed by atoms with E-state index in [1.54, 1.807) is 0 Å². The minimum Gasteiger partial charge on any atom is -0.394 e. The average molecular weight is 604 g/mol. The lowest BCUT2D eigenvalue weighted by Gasteiger charge is -2.40. The minimum atomic E-state index is -4.10. The summed E-state index contributed by atoms with van der Waals surface area (Å²) in [4.78, 5) is 10.2. The van der Waals surface area contributed by atoms with Crippen molar-refractivity contribution in [3.63, 3.8) is 0 Å². The molecule has 244 valence electrons. The van der Waals surface area contributed by atoms with E-state index in [2.05, 4.69) is 66.9 Å². The fourth-order valence-corrected chi connectivity index (χ4v) is 6.29. The maximum atomic E-state index is 12.5. The van der Waals surface area contributed by atoms with Crippen LogP contribution in [0.3, 0.4) is 0 Å². The zero-order valence-corrected chi connectivity index (χ0v) is 27.3. The van der Waals surface area contributed by atoms with E-state index < -0.39 is 50.9 Å². The predicted octanol–water partition coefficient (Wildman–Crippen LogP) is 5.67. The van der Waals surface area contributed by atoms with Crippen LogP contribution in [0.25, 0.3) is 0 Å². The molecule has 0 radical (unpaired) electrons. The summed E-state index contributed by atoms with van der Waals surface area (Å²) in [6, 6.07) is 0. The molecule has 0 amide bonds. The van der Waals surface area contributed by atoms with Gasteiger partial charge in [0.15, 0.2) is 0 Å². The van der Waals surface area contributed by atoms with E-state index in [0.29, 0.717) is 30.1 Å². The normalized spacial score (nSPS) is 27.5. The lowest BCUT2D eigenvalue weighted by molar-refractivity contribution is -0.223. The summed E-state index contributed by atoms with van der Waals surface area (Å²) in [6.07, 6.45) is 11.6. The molecule has 1 rings (SSSR count). The lowest BCUT2D eigenvalue weighted by Crippen LogP contribution is -2.59. The molecule has 1 aliphatic rings. The molecule has 1 heterocycles. The fourth-order valence-electron chi connectivity index (χ4n) is 5.03. The van der Waals surface area contributed by atoms with Crippen molar-refractivity contribution in [1.82, 2.24) is 0 Å². The third-order valence-corrected chi connectivity index (χ3v) is 9.42. The molecule has 1 aliphatic heterocycles. The Kier molecular flexibility index (Phi) is 19.5. The third-order valence-electron chi connectivity index (χ3n) is 8.02. The number of hydrogen-bond acceptors (Lipinski definition) is 7. The Hall–Kier alpha value is -0.310. The highest BCUT2D eigenvalue weighted by molar-refractivity contribution is 7.52. The molecule has 3 unspecified atom stereocenters. The van der Waals surface area contributed by atoms with E-state index in [1.165, 1.54) is 31.3 Å². The molecule has 1 saturated heterocycles. The standard InChI is InChI=1S/C32H60O8P/c1-23(2)11-7-12-24(3)13-8-14-25(4)15-9-16-26(5)17-10-18-27(6)19-20-39-41(37,38)22-29-31(35)32(36)30(34)28(21-33)40-29/h11,13,15,17,23-25,27-36H,7-10,12,14,16,18-22H2,1-6H3,(H,37,38)/q-3/b26-17+/t24?,25?,27-,28+,29-,30+,31+,32-/m0/s1. The highest BCUT2D eigenvalue weighted by Crippen LogP contribution is 2.45. The highest BCUT2D eigenvalue weighted by Gasteiger charge is 2.45. The Labute approximate surface area is 250 Å². The number of allylic oxidation sites excluding steroid dienone is 2. The van der Waals surface area contributed by atoms with Crippen LogP contribution in [-0.2, 0) is 13.8 Å². The first-order valence-corrected chi connectivity index (χ1v) is 17.4. The molecule has 0 bridgehead atoms. The van der Waals surface area contributed by atoms with Gasteiger partial charge in [-0.2, -0.15) is 37.0 Å². The average Bonchev–Trinajstić information content (AvgIpc) is 2.88. The van der Waals surface area contributed by atoms with Gasteiger partial charge in [0, 0.05) is 0 Å². The minimum absolute atomic E-state index is 0.0918. The van der Waals surface area contributed by atoms with Crippen LogP contribution < -0.4 is 0 Å². The van der Waals surface area contributed by atoms with E-state index in [9.17, 15) is 29.9 Å². The fraction of sp³-hybridized carbons (Fsp3) is 0.844. The molecule has 9 heteroatoms. The summed E-state index contributed by atoms with van der Waals surface area (Å²) < 4.78 is 23.1. The Morgan fingerprint density at radius 1 is 0.878 bits per heavy atom. The molecule has 0 aromatic heterocycles. The third kappa shape index (κ3) is 16.9. The van der Waals surface area contributed by atoms with Gasteiger partial charge >= 0.3 is 7.60 Å². The molecular formula is C32H60O8P-3. The molecule has 41 heavy (non-hydrogen) atoms. The van der Waals surface area contributed by atoms with Gasteiger partial charge in [0.05, 0.1) is 25.5 Å². The van der Waals surface area contributed by atoms with Gasteiger partial charge < -0.3 is 53.8 Å². The Morgan fingerprint density at radius 2 is 1.46 bits per heavy atom. The predicted molar refractivity (Wildman–Crippen MR) is 165 cm³/mol. The highest BCUT2D eigenvalue weighted by atomic mass is 31.2. The lowest BCUT2D eigenvalue weighted by atomic mass is 9.91. The topological polar surface area (TPSA) is 137 Å². The summed E-state index contributed by atoms with van der Waals surface area (Å²) in [7, 11) is -4.10. The molecule has 0 aromatic carbocycles. The van der Waals surface area contributed by atoms with Crippen LogP contribution in [0.1, 0.15) is 99.3 Å². The second-order valence-electron chi connectivity index (χ2n) is 12.6. The first-order chi connectivity index (χ1) is 19.3. The summed E-state index contributed by atoms with van der Waals surface area (Å²) in [6.45, 7) is 12.9. The first kappa shape index (κ1) is 38.7. The van der Waals surface area contributed by atoms with Crippen molar-refractivity contribution in [2.45, 2.75) is 130 Å². The van der Waals surface area contributed by atoms with Crippen molar-refractivity contribution in [2.75, 3.05) is 19.4 Å². The molecule has 0 aliphatic carbocycles. The van der Waals surface area contributed by atoms with Crippen molar-refractivity contribution in [3.8, 4) is 0 Å². The van der Waals surface area contributed by atoms with Crippen LogP contribution in [-0.4, -0.2) is 75.2 Å². The van der Waals surface area contributed by atoms with E-state index in [4.69, 9.17) is 9.26 Å². The molecular weight excluding hydrogens is 543 g/mol. The second kappa shape index (κ2) is 20.6.